The number of rotatable bonds is 3. The van der Waals surface area contributed by atoms with E-state index in [-0.39, 0.29) is 0 Å². The summed E-state index contributed by atoms with van der Waals surface area (Å²) in [4.78, 5) is 0. The molecule has 9 heteroatoms. The van der Waals surface area contributed by atoms with Crippen molar-refractivity contribution < 1.29 is 13.2 Å². The van der Waals surface area contributed by atoms with E-state index in [4.69, 9.17) is 33.1 Å². The van der Waals surface area contributed by atoms with E-state index < -0.39 is 22.4 Å². The molecular weight excluding hydrogens is 325 g/mol. The highest BCUT2D eigenvalue weighted by atomic mass is 35.5. The molecule has 0 aliphatic carbocycles. The van der Waals surface area contributed by atoms with E-state index in [0.29, 0.717) is 29.7 Å². The number of benzene rings is 1. The third kappa shape index (κ3) is 4.29. The summed E-state index contributed by atoms with van der Waals surface area (Å²) in [5, 5.41) is 8.94. The Hall–Kier alpha value is -0.410. The molecule has 1 saturated heterocycles. The molecule has 0 amide bonds. The van der Waals surface area contributed by atoms with Crippen molar-refractivity contribution in [3.8, 4) is 0 Å². The van der Waals surface area contributed by atoms with Gasteiger partial charge in [-0.25, -0.2) is 5.14 Å². The Morgan fingerprint density at radius 2 is 2.10 bits per heavy atom. The van der Waals surface area contributed by atoms with Crippen LogP contribution in [0.4, 0.5) is 0 Å². The highest BCUT2D eigenvalue weighted by Gasteiger charge is 2.29. The summed E-state index contributed by atoms with van der Waals surface area (Å²) in [6, 6.07) is 4.54. The monoisotopic (exact) mass is 339 g/mol. The van der Waals surface area contributed by atoms with Crippen LogP contribution in [0, 0.1) is 0 Å². The summed E-state index contributed by atoms with van der Waals surface area (Å²) in [6.07, 6.45) is -0.488. The molecule has 0 saturated carbocycles. The van der Waals surface area contributed by atoms with Crippen molar-refractivity contribution in [1.29, 1.82) is 0 Å². The molecule has 0 radical (unpaired) electrons. The molecule has 1 aliphatic heterocycles. The van der Waals surface area contributed by atoms with Crippen molar-refractivity contribution in [2.45, 2.75) is 12.1 Å². The topological polar surface area (TPSA) is 93.5 Å². The minimum absolute atomic E-state index is 0.388. The fraction of sp³-hybridized carbons (Fsp3) is 0.455. The maximum absolute atomic E-state index is 11.2. The van der Waals surface area contributed by atoms with Crippen molar-refractivity contribution >= 4 is 33.4 Å². The number of halogens is 2. The van der Waals surface area contributed by atoms with E-state index in [1.807, 2.05) is 0 Å². The maximum Gasteiger partial charge on any atom is 0.274 e. The minimum Gasteiger partial charge on any atom is -0.370 e. The van der Waals surface area contributed by atoms with Gasteiger partial charge in [0.1, 0.15) is 6.10 Å². The fourth-order valence-corrected chi connectivity index (χ4v) is 3.01. The molecule has 1 fully saturated rings. The zero-order chi connectivity index (χ0) is 14.8. The normalized spacial score (nSPS) is 24.4. The van der Waals surface area contributed by atoms with Gasteiger partial charge in [0, 0.05) is 13.1 Å². The average molecular weight is 340 g/mol. The maximum atomic E-state index is 11.2. The highest BCUT2D eigenvalue weighted by Crippen LogP contribution is 2.29. The Bertz CT molecular complexity index is 582. The molecule has 2 rings (SSSR count). The number of hydrogen-bond acceptors (Lipinski definition) is 4. The third-order valence-corrected chi connectivity index (χ3v) is 4.26. The Morgan fingerprint density at radius 3 is 2.75 bits per heavy atom. The van der Waals surface area contributed by atoms with Crippen LogP contribution >= 0.6 is 23.2 Å². The van der Waals surface area contributed by atoms with Crippen LogP contribution in [0.2, 0.25) is 10.0 Å². The van der Waals surface area contributed by atoms with Gasteiger partial charge in [0.15, 0.2) is 0 Å². The zero-order valence-corrected chi connectivity index (χ0v) is 12.8. The molecule has 0 spiro atoms. The van der Waals surface area contributed by atoms with E-state index >= 15 is 0 Å². The predicted octanol–water partition coefficient (Wildman–Crippen LogP) is 0.816. The average Bonchev–Trinajstić information content (AvgIpc) is 2.56. The fourth-order valence-electron chi connectivity index (χ4n) is 2.07. The summed E-state index contributed by atoms with van der Waals surface area (Å²) < 4.78 is 30.6. The second-order valence-electron chi connectivity index (χ2n) is 4.44. The van der Waals surface area contributed by atoms with Crippen LogP contribution in [0.25, 0.3) is 0 Å². The Kier molecular flexibility index (Phi) is 5.25. The van der Waals surface area contributed by atoms with Gasteiger partial charge in [0.05, 0.1) is 22.7 Å². The summed E-state index contributed by atoms with van der Waals surface area (Å²) >= 11 is 11.9. The lowest BCUT2D eigenvalue weighted by Crippen LogP contribution is -2.47. The van der Waals surface area contributed by atoms with Crippen molar-refractivity contribution in [2.75, 3.05) is 19.7 Å². The molecule has 2 unspecified atom stereocenters. The Balaban J connectivity index is 2.29. The van der Waals surface area contributed by atoms with Gasteiger partial charge in [0.25, 0.3) is 10.2 Å². The van der Waals surface area contributed by atoms with Gasteiger partial charge in [0.2, 0.25) is 0 Å². The van der Waals surface area contributed by atoms with Crippen molar-refractivity contribution in [3.05, 3.63) is 33.8 Å². The first-order valence-electron chi connectivity index (χ1n) is 5.94. The van der Waals surface area contributed by atoms with E-state index in [2.05, 4.69) is 10.0 Å². The summed E-state index contributed by atoms with van der Waals surface area (Å²) in [6.45, 7) is 1.48. The van der Waals surface area contributed by atoms with E-state index in [9.17, 15) is 8.42 Å². The van der Waals surface area contributed by atoms with Gasteiger partial charge in [-0.15, -0.1) is 0 Å². The largest absolute Gasteiger partial charge is 0.370 e. The number of hydrogen-bond donors (Lipinski definition) is 3. The summed E-state index contributed by atoms with van der Waals surface area (Å²) in [5.41, 5.74) is 0.740. The Labute approximate surface area is 127 Å². The molecule has 0 aromatic heterocycles. The Morgan fingerprint density at radius 1 is 1.35 bits per heavy atom. The quantitative estimate of drug-likeness (QED) is 0.759. The van der Waals surface area contributed by atoms with E-state index in [0.717, 1.165) is 5.56 Å². The summed E-state index contributed by atoms with van der Waals surface area (Å²) in [5.74, 6) is 0. The molecule has 20 heavy (non-hydrogen) atoms. The highest BCUT2D eigenvalue weighted by molar-refractivity contribution is 7.87. The van der Waals surface area contributed by atoms with Crippen molar-refractivity contribution in [2.24, 2.45) is 5.14 Å². The molecule has 0 bridgehead atoms. The van der Waals surface area contributed by atoms with Gasteiger partial charge in [-0.2, -0.15) is 13.1 Å². The first-order chi connectivity index (χ1) is 9.37. The molecule has 2 atom stereocenters. The van der Waals surface area contributed by atoms with Crippen LogP contribution in [0.3, 0.4) is 0 Å². The van der Waals surface area contributed by atoms with Crippen LogP contribution in [-0.2, 0) is 14.9 Å². The molecule has 1 aliphatic rings. The lowest BCUT2D eigenvalue weighted by atomic mass is 10.0. The number of nitrogens with one attached hydrogen (secondary N) is 2. The molecule has 4 N–H and O–H groups in total. The second kappa shape index (κ2) is 6.57. The van der Waals surface area contributed by atoms with E-state index in [1.165, 1.54) is 0 Å². The molecule has 1 heterocycles. The molecule has 1 aromatic carbocycles. The van der Waals surface area contributed by atoms with Gasteiger partial charge in [-0.05, 0) is 17.7 Å². The first kappa shape index (κ1) is 16.0. The molecular formula is C11H15Cl2N3O3S. The van der Waals surface area contributed by atoms with Gasteiger partial charge < -0.3 is 10.1 Å². The second-order valence-corrected chi connectivity index (χ2v) is 6.58. The van der Waals surface area contributed by atoms with Crippen LogP contribution < -0.4 is 15.2 Å². The number of ether oxygens (including phenoxy) is 1. The van der Waals surface area contributed by atoms with Gasteiger partial charge in [-0.1, -0.05) is 29.3 Å². The SMILES string of the molecule is NS(=O)(=O)NC1CNCCOC1c1ccc(Cl)c(Cl)c1. The van der Waals surface area contributed by atoms with Crippen LogP contribution in [0.5, 0.6) is 0 Å². The summed E-state index contributed by atoms with van der Waals surface area (Å²) in [7, 11) is -3.83. The van der Waals surface area contributed by atoms with Gasteiger partial charge >= 0.3 is 0 Å². The van der Waals surface area contributed by atoms with Crippen LogP contribution in [-0.4, -0.2) is 34.2 Å². The third-order valence-electron chi connectivity index (χ3n) is 2.89. The lowest BCUT2D eigenvalue weighted by molar-refractivity contribution is 0.0493. The molecule has 1 aromatic rings. The number of nitrogens with two attached hydrogens (primary N) is 1. The smallest absolute Gasteiger partial charge is 0.274 e. The van der Waals surface area contributed by atoms with Crippen LogP contribution in [0.15, 0.2) is 18.2 Å². The first-order valence-corrected chi connectivity index (χ1v) is 8.24. The molecule has 6 nitrogen and oxygen atoms in total. The molecule has 112 valence electrons. The van der Waals surface area contributed by atoms with Gasteiger partial charge in [-0.3, -0.25) is 0 Å². The van der Waals surface area contributed by atoms with E-state index in [1.54, 1.807) is 18.2 Å². The van der Waals surface area contributed by atoms with Crippen molar-refractivity contribution in [1.82, 2.24) is 10.0 Å². The standard InChI is InChI=1S/C11H15Cl2N3O3S/c12-8-2-1-7(5-9(8)13)11-10(16-20(14,17)18)6-15-3-4-19-11/h1-2,5,10-11,15-16H,3-4,6H2,(H2,14,17,18). The minimum atomic E-state index is -3.83. The zero-order valence-electron chi connectivity index (χ0n) is 10.5. The van der Waals surface area contributed by atoms with Crippen LogP contribution in [0.1, 0.15) is 11.7 Å². The predicted molar refractivity (Wildman–Crippen MR) is 78.1 cm³/mol. The lowest BCUT2D eigenvalue weighted by Gasteiger charge is -2.25. The van der Waals surface area contributed by atoms with Crippen molar-refractivity contribution in [3.63, 3.8) is 0 Å².